The van der Waals surface area contributed by atoms with Gasteiger partial charge in [-0.1, -0.05) is 23.4 Å². The monoisotopic (exact) mass is 506 g/mol. The molecule has 7 heteroatoms. The zero-order valence-corrected chi connectivity index (χ0v) is 21.1. The molecule has 4 rings (SSSR count). The molecule has 0 aliphatic carbocycles. The zero-order chi connectivity index (χ0) is 25.5. The van der Waals surface area contributed by atoms with Crippen LogP contribution in [-0.4, -0.2) is 52.8 Å². The van der Waals surface area contributed by atoms with Gasteiger partial charge in [0.15, 0.2) is 0 Å². The summed E-state index contributed by atoms with van der Waals surface area (Å²) in [7, 11) is 1.62. The maximum absolute atomic E-state index is 11.6. The fourth-order valence-electron chi connectivity index (χ4n) is 5.01. The summed E-state index contributed by atoms with van der Waals surface area (Å²) in [6.45, 7) is 2.15. The van der Waals surface area contributed by atoms with Crippen molar-refractivity contribution in [1.82, 2.24) is 9.88 Å². The van der Waals surface area contributed by atoms with Crippen LogP contribution in [0.25, 0.3) is 10.9 Å². The molecule has 0 amide bonds. The highest BCUT2D eigenvalue weighted by atomic mass is 35.5. The Kier molecular flexibility index (Phi) is 8.82. The summed E-state index contributed by atoms with van der Waals surface area (Å²) in [4.78, 5) is 18.2. The summed E-state index contributed by atoms with van der Waals surface area (Å²) in [6.07, 6.45) is 3.39. The molecule has 0 spiro atoms. The standard InChI is InChI=1S/C29H31ClN2O4/c1-36-24-9-10-27-26(18-24)25(12-14-31-27)28(33)11-6-21-13-16-32(19-22(21)17-29(34)35)15-2-3-20-4-7-23(30)8-5-20/h4-5,7-10,12,14,18,21-22,28,33H,6,11,13,15-17,19H2,1H3,(H,34,35)/t21-,22+,28?/m1/s1. The van der Waals surface area contributed by atoms with Crippen molar-refractivity contribution in [3.05, 3.63) is 70.9 Å². The summed E-state index contributed by atoms with van der Waals surface area (Å²) in [6, 6.07) is 14.9. The lowest BCUT2D eigenvalue weighted by atomic mass is 9.79. The zero-order valence-electron chi connectivity index (χ0n) is 20.4. The van der Waals surface area contributed by atoms with Gasteiger partial charge < -0.3 is 14.9 Å². The number of pyridine rings is 1. The van der Waals surface area contributed by atoms with Crippen LogP contribution in [0.4, 0.5) is 0 Å². The highest BCUT2D eigenvalue weighted by Gasteiger charge is 2.31. The molecule has 36 heavy (non-hydrogen) atoms. The van der Waals surface area contributed by atoms with Crippen LogP contribution >= 0.6 is 11.6 Å². The molecule has 1 saturated heterocycles. The Morgan fingerprint density at radius 3 is 2.78 bits per heavy atom. The van der Waals surface area contributed by atoms with E-state index in [1.54, 1.807) is 13.3 Å². The predicted molar refractivity (Wildman–Crippen MR) is 141 cm³/mol. The van der Waals surface area contributed by atoms with Gasteiger partial charge in [0.05, 0.1) is 25.3 Å². The van der Waals surface area contributed by atoms with Crippen LogP contribution in [0.15, 0.2) is 54.7 Å². The molecule has 0 bridgehead atoms. The summed E-state index contributed by atoms with van der Waals surface area (Å²) >= 11 is 5.93. The minimum absolute atomic E-state index is 0.0232. The van der Waals surface area contributed by atoms with Crippen molar-refractivity contribution in [3.63, 3.8) is 0 Å². The van der Waals surface area contributed by atoms with Gasteiger partial charge in [-0.3, -0.25) is 14.7 Å². The smallest absolute Gasteiger partial charge is 0.303 e. The van der Waals surface area contributed by atoms with Crippen molar-refractivity contribution in [2.45, 2.75) is 31.8 Å². The summed E-state index contributed by atoms with van der Waals surface area (Å²) in [5, 5.41) is 22.1. The second-order valence-corrected chi connectivity index (χ2v) is 9.76. The van der Waals surface area contributed by atoms with Crippen LogP contribution in [0.3, 0.4) is 0 Å². The SMILES string of the molecule is COc1ccc2nccc(C(O)CC[C@@H]3CCN(CC#Cc4ccc(Cl)cc4)C[C@@H]3CC(=O)O)c2c1. The second-order valence-electron chi connectivity index (χ2n) is 9.33. The number of hydrogen-bond donors (Lipinski definition) is 2. The highest BCUT2D eigenvalue weighted by molar-refractivity contribution is 6.30. The van der Waals surface area contributed by atoms with Gasteiger partial charge in [0.25, 0.3) is 0 Å². The first-order valence-corrected chi connectivity index (χ1v) is 12.6. The number of aliphatic carboxylic acids is 1. The Labute approximate surface area is 216 Å². The van der Waals surface area contributed by atoms with E-state index in [0.29, 0.717) is 24.5 Å². The number of methoxy groups -OCH3 is 1. The number of carboxylic acid groups (broad SMARTS) is 1. The third-order valence-electron chi connectivity index (χ3n) is 6.94. The third kappa shape index (κ3) is 6.76. The lowest BCUT2D eigenvalue weighted by Crippen LogP contribution is -2.41. The van der Waals surface area contributed by atoms with E-state index in [0.717, 1.165) is 47.2 Å². The summed E-state index contributed by atoms with van der Waals surface area (Å²) in [5.41, 5.74) is 2.54. The molecule has 1 aromatic heterocycles. The first-order valence-electron chi connectivity index (χ1n) is 12.2. The van der Waals surface area contributed by atoms with Gasteiger partial charge in [-0.2, -0.15) is 0 Å². The molecule has 2 aromatic carbocycles. The number of ether oxygens (including phenoxy) is 1. The van der Waals surface area contributed by atoms with E-state index in [4.69, 9.17) is 16.3 Å². The van der Waals surface area contributed by atoms with Gasteiger partial charge >= 0.3 is 5.97 Å². The van der Waals surface area contributed by atoms with Crippen molar-refractivity contribution in [1.29, 1.82) is 0 Å². The average molecular weight is 507 g/mol. The number of piperidine rings is 1. The molecular formula is C29H31ClN2O4. The van der Waals surface area contributed by atoms with Crippen molar-refractivity contribution >= 4 is 28.5 Å². The Bertz CT molecular complexity index is 1250. The van der Waals surface area contributed by atoms with E-state index < -0.39 is 12.1 Å². The lowest BCUT2D eigenvalue weighted by molar-refractivity contribution is -0.139. The summed E-state index contributed by atoms with van der Waals surface area (Å²) in [5.74, 6) is 6.55. The number of halogens is 1. The molecule has 0 radical (unpaired) electrons. The Morgan fingerprint density at radius 1 is 1.22 bits per heavy atom. The first-order chi connectivity index (χ1) is 17.4. The summed E-state index contributed by atoms with van der Waals surface area (Å²) < 4.78 is 5.35. The molecule has 1 aliphatic rings. The maximum Gasteiger partial charge on any atom is 0.303 e. The first kappa shape index (κ1) is 26.0. The number of benzene rings is 2. The Morgan fingerprint density at radius 2 is 2.03 bits per heavy atom. The van der Waals surface area contributed by atoms with E-state index in [1.165, 1.54) is 0 Å². The number of likely N-dealkylation sites (tertiary alicyclic amines) is 1. The number of rotatable bonds is 8. The molecule has 2 N–H and O–H groups in total. The largest absolute Gasteiger partial charge is 0.497 e. The molecule has 3 atom stereocenters. The van der Waals surface area contributed by atoms with Gasteiger partial charge in [-0.25, -0.2) is 0 Å². The Hall–Kier alpha value is -3.11. The van der Waals surface area contributed by atoms with Crippen molar-refractivity contribution < 1.29 is 19.7 Å². The third-order valence-corrected chi connectivity index (χ3v) is 7.20. The highest BCUT2D eigenvalue weighted by Crippen LogP contribution is 2.34. The van der Waals surface area contributed by atoms with E-state index >= 15 is 0 Å². The molecule has 3 aromatic rings. The predicted octanol–water partition coefficient (Wildman–Crippen LogP) is 5.17. The van der Waals surface area contributed by atoms with Crippen LogP contribution in [0.5, 0.6) is 5.75 Å². The van der Waals surface area contributed by atoms with Gasteiger partial charge in [-0.05, 0) is 91.7 Å². The fraction of sp³-hybridized carbons (Fsp3) is 0.379. The van der Waals surface area contributed by atoms with Crippen LogP contribution in [0.2, 0.25) is 5.02 Å². The number of nitrogens with zero attached hydrogens (tertiary/aromatic N) is 2. The van der Waals surface area contributed by atoms with Crippen LogP contribution in [0, 0.1) is 23.7 Å². The molecule has 188 valence electrons. The Balaban J connectivity index is 1.38. The maximum atomic E-state index is 11.6. The molecular weight excluding hydrogens is 476 g/mol. The average Bonchev–Trinajstić information content (AvgIpc) is 2.88. The quantitative estimate of drug-likeness (QED) is 0.410. The van der Waals surface area contributed by atoms with E-state index in [9.17, 15) is 15.0 Å². The van der Waals surface area contributed by atoms with Crippen LogP contribution < -0.4 is 4.74 Å². The molecule has 1 unspecified atom stereocenters. The van der Waals surface area contributed by atoms with Crippen molar-refractivity contribution in [3.8, 4) is 17.6 Å². The number of hydrogen-bond acceptors (Lipinski definition) is 5. The number of aromatic nitrogens is 1. The number of aliphatic hydroxyl groups is 1. The molecule has 1 aliphatic heterocycles. The topological polar surface area (TPSA) is 82.9 Å². The van der Waals surface area contributed by atoms with Crippen LogP contribution in [0.1, 0.15) is 42.9 Å². The fourth-order valence-corrected chi connectivity index (χ4v) is 5.14. The minimum Gasteiger partial charge on any atom is -0.497 e. The van der Waals surface area contributed by atoms with Gasteiger partial charge in [0.1, 0.15) is 5.75 Å². The van der Waals surface area contributed by atoms with Crippen molar-refractivity contribution in [2.75, 3.05) is 26.7 Å². The minimum atomic E-state index is -0.785. The molecule has 0 saturated carbocycles. The number of carbonyl (C=O) groups is 1. The number of fused-ring (bicyclic) bond motifs is 1. The van der Waals surface area contributed by atoms with Gasteiger partial charge in [0, 0.05) is 35.1 Å². The second kappa shape index (κ2) is 12.2. The lowest BCUT2D eigenvalue weighted by Gasteiger charge is -2.37. The molecule has 2 heterocycles. The van der Waals surface area contributed by atoms with E-state index in [2.05, 4.69) is 21.7 Å². The number of aliphatic hydroxyl groups excluding tert-OH is 1. The normalized spacial score (nSPS) is 18.9. The molecule has 6 nitrogen and oxygen atoms in total. The van der Waals surface area contributed by atoms with Crippen LogP contribution in [-0.2, 0) is 4.79 Å². The van der Waals surface area contributed by atoms with E-state index in [1.807, 2.05) is 48.5 Å². The number of carboxylic acids is 1. The van der Waals surface area contributed by atoms with Crippen molar-refractivity contribution in [2.24, 2.45) is 11.8 Å². The molecule has 1 fully saturated rings. The van der Waals surface area contributed by atoms with Gasteiger partial charge in [0.2, 0.25) is 0 Å². The van der Waals surface area contributed by atoms with E-state index in [-0.39, 0.29) is 18.3 Å². The van der Waals surface area contributed by atoms with Gasteiger partial charge in [-0.15, -0.1) is 0 Å².